The fourth-order valence-corrected chi connectivity index (χ4v) is 2.52. The Morgan fingerprint density at radius 3 is 2.38 bits per heavy atom. The van der Waals surface area contributed by atoms with Crippen LogP contribution in [0.2, 0.25) is 0 Å². The lowest BCUT2D eigenvalue weighted by molar-refractivity contribution is 0.393. The summed E-state index contributed by atoms with van der Waals surface area (Å²) in [5.41, 5.74) is 2.14. The summed E-state index contributed by atoms with van der Waals surface area (Å²) in [7, 11) is 0. The molecule has 21 heavy (non-hydrogen) atoms. The zero-order valence-electron chi connectivity index (χ0n) is 12.9. The summed E-state index contributed by atoms with van der Waals surface area (Å²) in [6.45, 7) is 6.48. The van der Waals surface area contributed by atoms with Gasteiger partial charge in [0.1, 0.15) is 5.82 Å². The first-order chi connectivity index (χ1) is 10.1. The number of rotatable bonds is 6. The van der Waals surface area contributed by atoms with Crippen molar-refractivity contribution < 1.29 is 4.39 Å². The van der Waals surface area contributed by atoms with Gasteiger partial charge in [0.15, 0.2) is 0 Å². The molecular formula is C18H23FN2. The topological polar surface area (TPSA) is 24.9 Å². The molecule has 0 aliphatic rings. The van der Waals surface area contributed by atoms with Gasteiger partial charge in [-0.25, -0.2) is 4.39 Å². The molecule has 0 saturated heterocycles. The van der Waals surface area contributed by atoms with E-state index in [4.69, 9.17) is 0 Å². The van der Waals surface area contributed by atoms with Gasteiger partial charge in [-0.3, -0.25) is 4.98 Å². The summed E-state index contributed by atoms with van der Waals surface area (Å²) in [4.78, 5) is 3.93. The SMILES string of the molecule is CC(C)CC(NC(C)c1cncc(F)c1)c1ccccc1. The molecule has 0 bridgehead atoms. The monoisotopic (exact) mass is 286 g/mol. The van der Waals surface area contributed by atoms with E-state index in [0.717, 1.165) is 12.0 Å². The van der Waals surface area contributed by atoms with Crippen LogP contribution in [-0.2, 0) is 0 Å². The molecule has 0 spiro atoms. The molecule has 1 aromatic heterocycles. The zero-order valence-corrected chi connectivity index (χ0v) is 12.9. The van der Waals surface area contributed by atoms with Crippen LogP contribution in [0.4, 0.5) is 4.39 Å². The molecule has 0 radical (unpaired) electrons. The molecule has 0 saturated carbocycles. The van der Waals surface area contributed by atoms with Crippen LogP contribution in [0.15, 0.2) is 48.8 Å². The molecule has 2 aromatic rings. The third-order valence-corrected chi connectivity index (χ3v) is 3.59. The molecule has 0 fully saturated rings. The largest absolute Gasteiger partial charge is 0.303 e. The predicted molar refractivity (Wildman–Crippen MR) is 84.4 cm³/mol. The molecular weight excluding hydrogens is 263 g/mol. The van der Waals surface area contributed by atoms with Crippen LogP contribution in [0.1, 0.15) is 50.4 Å². The van der Waals surface area contributed by atoms with Gasteiger partial charge in [0.25, 0.3) is 0 Å². The number of aromatic nitrogens is 1. The van der Waals surface area contributed by atoms with Crippen molar-refractivity contribution >= 4 is 0 Å². The highest BCUT2D eigenvalue weighted by molar-refractivity contribution is 5.21. The molecule has 0 aliphatic carbocycles. The minimum Gasteiger partial charge on any atom is -0.303 e. The van der Waals surface area contributed by atoms with Gasteiger partial charge < -0.3 is 5.32 Å². The Bertz CT molecular complexity index is 554. The molecule has 2 nitrogen and oxygen atoms in total. The second-order valence-electron chi connectivity index (χ2n) is 5.92. The van der Waals surface area contributed by atoms with Crippen molar-refractivity contribution in [3.05, 3.63) is 65.7 Å². The maximum Gasteiger partial charge on any atom is 0.141 e. The first kappa shape index (κ1) is 15.6. The first-order valence-electron chi connectivity index (χ1n) is 7.47. The highest BCUT2D eigenvalue weighted by Gasteiger charge is 2.17. The van der Waals surface area contributed by atoms with E-state index in [1.807, 2.05) is 13.0 Å². The molecule has 3 heteroatoms. The molecule has 2 atom stereocenters. The van der Waals surface area contributed by atoms with Crippen LogP contribution in [0.3, 0.4) is 0 Å². The first-order valence-corrected chi connectivity index (χ1v) is 7.47. The van der Waals surface area contributed by atoms with E-state index in [0.29, 0.717) is 5.92 Å². The van der Waals surface area contributed by atoms with Crippen LogP contribution in [0, 0.1) is 11.7 Å². The number of nitrogens with zero attached hydrogens (tertiary/aromatic N) is 1. The van der Waals surface area contributed by atoms with Crippen LogP contribution in [0.5, 0.6) is 0 Å². The van der Waals surface area contributed by atoms with Crippen molar-refractivity contribution in [3.63, 3.8) is 0 Å². The molecule has 0 amide bonds. The van der Waals surface area contributed by atoms with Crippen molar-refractivity contribution in [2.45, 2.75) is 39.3 Å². The molecule has 2 unspecified atom stereocenters. The van der Waals surface area contributed by atoms with E-state index in [1.165, 1.54) is 11.8 Å². The van der Waals surface area contributed by atoms with Gasteiger partial charge in [0, 0.05) is 18.3 Å². The van der Waals surface area contributed by atoms with Crippen molar-refractivity contribution in [1.29, 1.82) is 0 Å². The summed E-state index contributed by atoms with van der Waals surface area (Å²) in [5, 5.41) is 3.60. The Labute approximate surface area is 126 Å². The third-order valence-electron chi connectivity index (χ3n) is 3.59. The van der Waals surface area contributed by atoms with Crippen molar-refractivity contribution in [2.24, 2.45) is 5.92 Å². The van der Waals surface area contributed by atoms with Crippen molar-refractivity contribution in [1.82, 2.24) is 10.3 Å². The zero-order chi connectivity index (χ0) is 15.2. The Hall–Kier alpha value is -1.74. The number of benzene rings is 1. The maximum absolute atomic E-state index is 13.3. The Kier molecular flexibility index (Phi) is 5.45. The Balaban J connectivity index is 2.15. The van der Waals surface area contributed by atoms with E-state index in [1.54, 1.807) is 12.3 Å². The number of hydrogen-bond donors (Lipinski definition) is 1. The number of pyridine rings is 1. The van der Waals surface area contributed by atoms with Gasteiger partial charge in [0.2, 0.25) is 0 Å². The Morgan fingerprint density at radius 2 is 1.76 bits per heavy atom. The van der Waals surface area contributed by atoms with Crippen LogP contribution in [-0.4, -0.2) is 4.98 Å². The summed E-state index contributed by atoms with van der Waals surface area (Å²) < 4.78 is 13.3. The molecule has 0 aliphatic heterocycles. The summed E-state index contributed by atoms with van der Waals surface area (Å²) in [5.74, 6) is 0.293. The van der Waals surface area contributed by atoms with Gasteiger partial charge in [-0.05, 0) is 36.5 Å². The van der Waals surface area contributed by atoms with Crippen molar-refractivity contribution in [2.75, 3.05) is 0 Å². The van der Waals surface area contributed by atoms with E-state index < -0.39 is 0 Å². The number of nitrogens with one attached hydrogen (secondary N) is 1. The van der Waals surface area contributed by atoms with Gasteiger partial charge in [-0.1, -0.05) is 44.2 Å². The fourth-order valence-electron chi connectivity index (χ4n) is 2.52. The molecule has 1 aromatic carbocycles. The smallest absolute Gasteiger partial charge is 0.141 e. The van der Waals surface area contributed by atoms with E-state index in [9.17, 15) is 4.39 Å². The second kappa shape index (κ2) is 7.32. The molecule has 1 N–H and O–H groups in total. The van der Waals surface area contributed by atoms with E-state index in [-0.39, 0.29) is 17.9 Å². The van der Waals surface area contributed by atoms with Crippen LogP contribution >= 0.6 is 0 Å². The summed E-state index contributed by atoms with van der Waals surface area (Å²) in [6, 6.07) is 12.3. The van der Waals surface area contributed by atoms with Crippen LogP contribution < -0.4 is 5.32 Å². The summed E-state index contributed by atoms with van der Waals surface area (Å²) in [6.07, 6.45) is 3.99. The number of halogens is 1. The highest BCUT2D eigenvalue weighted by atomic mass is 19.1. The quantitative estimate of drug-likeness (QED) is 0.835. The van der Waals surface area contributed by atoms with E-state index >= 15 is 0 Å². The summed E-state index contributed by atoms with van der Waals surface area (Å²) >= 11 is 0. The average Bonchev–Trinajstić information content (AvgIpc) is 2.47. The van der Waals surface area contributed by atoms with Gasteiger partial charge >= 0.3 is 0 Å². The molecule has 1 heterocycles. The van der Waals surface area contributed by atoms with Gasteiger partial charge in [0.05, 0.1) is 6.20 Å². The van der Waals surface area contributed by atoms with Crippen molar-refractivity contribution in [3.8, 4) is 0 Å². The van der Waals surface area contributed by atoms with Gasteiger partial charge in [-0.15, -0.1) is 0 Å². The fraction of sp³-hybridized carbons (Fsp3) is 0.389. The minimum atomic E-state index is -0.290. The standard InChI is InChI=1S/C18H23FN2/c1-13(2)9-18(15-7-5-4-6-8-15)21-14(3)16-10-17(19)12-20-11-16/h4-8,10-14,18,21H,9H2,1-3H3. The third kappa shape index (κ3) is 4.64. The van der Waals surface area contributed by atoms with E-state index in [2.05, 4.69) is 48.4 Å². The Morgan fingerprint density at radius 1 is 1.05 bits per heavy atom. The minimum absolute atomic E-state index is 0.0529. The average molecular weight is 286 g/mol. The second-order valence-corrected chi connectivity index (χ2v) is 5.92. The normalized spacial score (nSPS) is 14.1. The number of hydrogen-bond acceptors (Lipinski definition) is 2. The van der Waals surface area contributed by atoms with Crippen LogP contribution in [0.25, 0.3) is 0 Å². The lowest BCUT2D eigenvalue weighted by atomic mass is 9.95. The molecule has 2 rings (SSSR count). The maximum atomic E-state index is 13.3. The van der Waals surface area contributed by atoms with Gasteiger partial charge in [-0.2, -0.15) is 0 Å². The molecule has 112 valence electrons. The predicted octanol–water partition coefficient (Wildman–Crippen LogP) is 4.66. The lowest BCUT2D eigenvalue weighted by Gasteiger charge is -2.25. The lowest BCUT2D eigenvalue weighted by Crippen LogP contribution is -2.26. The highest BCUT2D eigenvalue weighted by Crippen LogP contribution is 2.25.